The van der Waals surface area contributed by atoms with Gasteiger partial charge in [0.15, 0.2) is 0 Å². The van der Waals surface area contributed by atoms with Gasteiger partial charge in [0.2, 0.25) is 0 Å². The van der Waals surface area contributed by atoms with E-state index in [0.29, 0.717) is 6.42 Å². The minimum atomic E-state index is -0.490. The third-order valence-corrected chi connectivity index (χ3v) is 5.08. The fourth-order valence-corrected chi connectivity index (χ4v) is 2.59. The quantitative estimate of drug-likeness (QED) is 0.699. The molecule has 94 valence electrons. The Labute approximate surface area is 132 Å². The van der Waals surface area contributed by atoms with Gasteiger partial charge in [-0.2, -0.15) is 0 Å². The molecule has 0 heterocycles. The lowest BCUT2D eigenvalue weighted by Gasteiger charge is -2.12. The maximum Gasteiger partial charge on any atom is 0.0830 e. The molecular formula is C14H11Br3O. The van der Waals surface area contributed by atoms with E-state index in [9.17, 15) is 5.11 Å². The number of rotatable bonds is 3. The lowest BCUT2D eigenvalue weighted by molar-refractivity contribution is 0.178. The van der Waals surface area contributed by atoms with E-state index in [0.717, 1.165) is 24.5 Å². The minimum Gasteiger partial charge on any atom is -0.388 e. The number of hydrogen-bond donors (Lipinski definition) is 1. The number of aliphatic hydroxyl groups excluding tert-OH is 1. The molecule has 4 heteroatoms. The Hall–Kier alpha value is -0.160. The zero-order valence-corrected chi connectivity index (χ0v) is 14.2. The highest BCUT2D eigenvalue weighted by molar-refractivity contribution is 9.13. The summed E-state index contributed by atoms with van der Waals surface area (Å²) in [5, 5.41) is 10.2. The third-order valence-electron chi connectivity index (χ3n) is 2.67. The molecule has 0 spiro atoms. The van der Waals surface area contributed by atoms with E-state index in [-0.39, 0.29) is 0 Å². The van der Waals surface area contributed by atoms with Gasteiger partial charge in [0.25, 0.3) is 0 Å². The van der Waals surface area contributed by atoms with Gasteiger partial charge in [-0.3, -0.25) is 0 Å². The molecule has 0 aromatic heterocycles. The highest BCUT2D eigenvalue weighted by atomic mass is 79.9. The van der Waals surface area contributed by atoms with Gasteiger partial charge in [-0.25, -0.2) is 0 Å². The highest BCUT2D eigenvalue weighted by Gasteiger charge is 2.10. The standard InChI is InChI=1S/C14H11Br3O/c15-11-4-1-9(2-5-11)7-14(18)10-3-6-12(16)13(17)8-10/h1-6,8,14,18H,7H2. The first-order valence-corrected chi connectivity index (χ1v) is 7.81. The van der Waals surface area contributed by atoms with Crippen LogP contribution in [-0.4, -0.2) is 5.11 Å². The van der Waals surface area contributed by atoms with Gasteiger partial charge in [0, 0.05) is 19.8 Å². The van der Waals surface area contributed by atoms with Crippen molar-refractivity contribution in [3.63, 3.8) is 0 Å². The van der Waals surface area contributed by atoms with Crippen LogP contribution in [0.4, 0.5) is 0 Å². The van der Waals surface area contributed by atoms with Crippen molar-refractivity contribution >= 4 is 47.8 Å². The molecule has 1 atom stereocenters. The van der Waals surface area contributed by atoms with E-state index in [1.54, 1.807) is 0 Å². The molecule has 0 saturated heterocycles. The molecule has 1 nitrogen and oxygen atoms in total. The van der Waals surface area contributed by atoms with Gasteiger partial charge in [-0.05, 0) is 67.3 Å². The smallest absolute Gasteiger partial charge is 0.0830 e. The topological polar surface area (TPSA) is 20.2 Å². The molecule has 1 unspecified atom stereocenters. The van der Waals surface area contributed by atoms with Crippen molar-refractivity contribution in [2.75, 3.05) is 0 Å². The number of hydrogen-bond acceptors (Lipinski definition) is 1. The number of aliphatic hydroxyl groups is 1. The van der Waals surface area contributed by atoms with Gasteiger partial charge < -0.3 is 5.11 Å². The lowest BCUT2D eigenvalue weighted by atomic mass is 10.0. The first kappa shape index (κ1) is 14.3. The third kappa shape index (κ3) is 3.67. The molecule has 0 bridgehead atoms. The molecule has 0 fully saturated rings. The average molecular weight is 435 g/mol. The average Bonchev–Trinajstić information content (AvgIpc) is 2.35. The van der Waals surface area contributed by atoms with Crippen molar-refractivity contribution in [3.05, 3.63) is 67.0 Å². The van der Waals surface area contributed by atoms with Crippen molar-refractivity contribution in [3.8, 4) is 0 Å². The molecule has 0 radical (unpaired) electrons. The summed E-state index contributed by atoms with van der Waals surface area (Å²) in [6.45, 7) is 0. The molecular weight excluding hydrogens is 424 g/mol. The van der Waals surface area contributed by atoms with Gasteiger partial charge in [-0.1, -0.05) is 34.1 Å². The first-order valence-electron chi connectivity index (χ1n) is 5.44. The molecule has 0 saturated carbocycles. The molecule has 0 aliphatic heterocycles. The first-order chi connectivity index (χ1) is 8.56. The molecule has 2 aromatic carbocycles. The normalized spacial score (nSPS) is 12.4. The van der Waals surface area contributed by atoms with Crippen LogP contribution in [0.25, 0.3) is 0 Å². The summed E-state index contributed by atoms with van der Waals surface area (Å²) in [5.41, 5.74) is 2.03. The van der Waals surface area contributed by atoms with Crippen LogP contribution in [0.1, 0.15) is 17.2 Å². The minimum absolute atomic E-state index is 0.490. The molecule has 2 aromatic rings. The Balaban J connectivity index is 2.13. The monoisotopic (exact) mass is 432 g/mol. The summed E-state index contributed by atoms with van der Waals surface area (Å²) in [6.07, 6.45) is 0.122. The van der Waals surface area contributed by atoms with E-state index in [1.165, 1.54) is 0 Å². The van der Waals surface area contributed by atoms with E-state index in [2.05, 4.69) is 47.8 Å². The van der Waals surface area contributed by atoms with Gasteiger partial charge in [0.05, 0.1) is 6.10 Å². The van der Waals surface area contributed by atoms with Crippen molar-refractivity contribution in [1.82, 2.24) is 0 Å². The summed E-state index contributed by atoms with van der Waals surface area (Å²) in [7, 11) is 0. The Morgan fingerprint density at radius 3 is 2.17 bits per heavy atom. The van der Waals surface area contributed by atoms with Crippen molar-refractivity contribution in [2.24, 2.45) is 0 Å². The summed E-state index contributed by atoms with van der Waals surface area (Å²) >= 11 is 10.3. The van der Waals surface area contributed by atoms with E-state index in [1.807, 2.05) is 42.5 Å². The van der Waals surface area contributed by atoms with Gasteiger partial charge >= 0.3 is 0 Å². The largest absolute Gasteiger partial charge is 0.388 e. The predicted molar refractivity (Wildman–Crippen MR) is 84.6 cm³/mol. The fraction of sp³-hybridized carbons (Fsp3) is 0.143. The summed E-state index contributed by atoms with van der Waals surface area (Å²) in [5.74, 6) is 0. The Kier molecular flexibility index (Phi) is 5.01. The molecule has 1 N–H and O–H groups in total. The van der Waals surface area contributed by atoms with Gasteiger partial charge in [-0.15, -0.1) is 0 Å². The Bertz CT molecular complexity index is 537. The second-order valence-electron chi connectivity index (χ2n) is 4.02. The molecule has 2 rings (SSSR count). The Morgan fingerprint density at radius 2 is 1.56 bits per heavy atom. The summed E-state index contributed by atoms with van der Waals surface area (Å²) in [6, 6.07) is 13.8. The van der Waals surface area contributed by atoms with Crippen molar-refractivity contribution < 1.29 is 5.11 Å². The van der Waals surface area contributed by atoms with Gasteiger partial charge in [0.1, 0.15) is 0 Å². The molecule has 0 aliphatic rings. The zero-order chi connectivity index (χ0) is 13.1. The van der Waals surface area contributed by atoms with Crippen LogP contribution in [0.3, 0.4) is 0 Å². The molecule has 18 heavy (non-hydrogen) atoms. The number of benzene rings is 2. The van der Waals surface area contributed by atoms with E-state index < -0.39 is 6.10 Å². The second kappa shape index (κ2) is 6.33. The van der Waals surface area contributed by atoms with Crippen LogP contribution >= 0.6 is 47.8 Å². The number of halogens is 3. The van der Waals surface area contributed by atoms with E-state index in [4.69, 9.17) is 0 Å². The summed E-state index contributed by atoms with van der Waals surface area (Å²) < 4.78 is 2.99. The highest BCUT2D eigenvalue weighted by Crippen LogP contribution is 2.28. The predicted octanol–water partition coefficient (Wildman–Crippen LogP) is 5.25. The van der Waals surface area contributed by atoms with Crippen LogP contribution in [0.15, 0.2) is 55.9 Å². The Morgan fingerprint density at radius 1 is 0.889 bits per heavy atom. The van der Waals surface area contributed by atoms with Crippen molar-refractivity contribution in [2.45, 2.75) is 12.5 Å². The zero-order valence-electron chi connectivity index (χ0n) is 9.41. The lowest BCUT2D eigenvalue weighted by Crippen LogP contribution is -2.01. The van der Waals surface area contributed by atoms with E-state index >= 15 is 0 Å². The fourth-order valence-electron chi connectivity index (χ4n) is 1.68. The van der Waals surface area contributed by atoms with Crippen LogP contribution in [0.5, 0.6) is 0 Å². The maximum atomic E-state index is 10.2. The van der Waals surface area contributed by atoms with Crippen LogP contribution in [-0.2, 0) is 6.42 Å². The SMILES string of the molecule is OC(Cc1ccc(Br)cc1)c1ccc(Br)c(Br)c1. The molecule has 0 amide bonds. The summed E-state index contributed by atoms with van der Waals surface area (Å²) in [4.78, 5) is 0. The van der Waals surface area contributed by atoms with Crippen LogP contribution < -0.4 is 0 Å². The van der Waals surface area contributed by atoms with Crippen molar-refractivity contribution in [1.29, 1.82) is 0 Å². The molecule has 0 aliphatic carbocycles. The van der Waals surface area contributed by atoms with Crippen LogP contribution in [0.2, 0.25) is 0 Å². The second-order valence-corrected chi connectivity index (χ2v) is 6.64. The maximum absolute atomic E-state index is 10.2. The van der Waals surface area contributed by atoms with Crippen LogP contribution in [0, 0.1) is 0 Å².